The molecule has 0 aliphatic rings. The van der Waals surface area contributed by atoms with E-state index in [0.717, 1.165) is 6.42 Å². The molecule has 0 aromatic heterocycles. The van der Waals surface area contributed by atoms with Gasteiger partial charge in [0.1, 0.15) is 18.1 Å². The van der Waals surface area contributed by atoms with Crippen molar-refractivity contribution in [2.24, 2.45) is 0 Å². The van der Waals surface area contributed by atoms with E-state index in [1.54, 1.807) is 0 Å². The van der Waals surface area contributed by atoms with Crippen molar-refractivity contribution < 1.29 is 23.5 Å². The molecule has 21 heavy (non-hydrogen) atoms. The highest BCUT2D eigenvalue weighted by Crippen LogP contribution is 2.11. The molecule has 0 spiro atoms. The number of hydrogen-bond donors (Lipinski definition) is 0. The first kappa shape index (κ1) is 16.9. The molecule has 6 heteroatoms. The van der Waals surface area contributed by atoms with Gasteiger partial charge in [-0.15, -0.1) is 0 Å². The molecule has 5 nitrogen and oxygen atoms in total. The standard InChI is InChI=1S/C15H20FNO4/c1-3-9-17(11-15(19)20-2)14(18)8-10-21-13-6-4-12(16)5-7-13/h4-7H,3,8-11H2,1-2H3. The number of rotatable bonds is 8. The van der Waals surface area contributed by atoms with Crippen molar-refractivity contribution in [2.45, 2.75) is 19.8 Å². The highest BCUT2D eigenvalue weighted by atomic mass is 19.1. The van der Waals surface area contributed by atoms with E-state index in [9.17, 15) is 14.0 Å². The molecule has 0 bridgehead atoms. The minimum Gasteiger partial charge on any atom is -0.493 e. The van der Waals surface area contributed by atoms with Crippen molar-refractivity contribution >= 4 is 11.9 Å². The second kappa shape index (κ2) is 8.94. The second-order valence-corrected chi connectivity index (χ2v) is 4.44. The summed E-state index contributed by atoms with van der Waals surface area (Å²) in [5.41, 5.74) is 0. The Balaban J connectivity index is 2.42. The lowest BCUT2D eigenvalue weighted by molar-refractivity contribution is -0.147. The number of nitrogens with zero attached hydrogens (tertiary/aromatic N) is 1. The summed E-state index contributed by atoms with van der Waals surface area (Å²) in [5, 5.41) is 0. The van der Waals surface area contributed by atoms with E-state index in [1.165, 1.54) is 36.3 Å². The number of benzene rings is 1. The molecule has 1 rings (SSSR count). The van der Waals surface area contributed by atoms with Crippen LogP contribution in [0.4, 0.5) is 4.39 Å². The van der Waals surface area contributed by atoms with Crippen LogP contribution in [0.15, 0.2) is 24.3 Å². The Morgan fingerprint density at radius 1 is 1.24 bits per heavy atom. The number of ether oxygens (including phenoxy) is 2. The van der Waals surface area contributed by atoms with E-state index in [1.807, 2.05) is 6.92 Å². The molecule has 0 radical (unpaired) electrons. The highest BCUT2D eigenvalue weighted by Gasteiger charge is 2.16. The molecule has 0 saturated carbocycles. The lowest BCUT2D eigenvalue weighted by atomic mass is 10.3. The monoisotopic (exact) mass is 297 g/mol. The van der Waals surface area contributed by atoms with Crippen LogP contribution in [0.2, 0.25) is 0 Å². The molecule has 1 aromatic rings. The first-order chi connectivity index (χ1) is 10.1. The van der Waals surface area contributed by atoms with Crippen LogP contribution in [-0.2, 0) is 14.3 Å². The Bertz CT molecular complexity index is 461. The minimum absolute atomic E-state index is 0.0558. The third kappa shape index (κ3) is 6.25. The van der Waals surface area contributed by atoms with Crippen molar-refractivity contribution in [3.05, 3.63) is 30.1 Å². The third-order valence-corrected chi connectivity index (χ3v) is 2.79. The van der Waals surface area contributed by atoms with Crippen LogP contribution in [0.1, 0.15) is 19.8 Å². The van der Waals surface area contributed by atoms with Crippen molar-refractivity contribution in [3.8, 4) is 5.75 Å². The van der Waals surface area contributed by atoms with Gasteiger partial charge in [0.25, 0.3) is 0 Å². The molecule has 1 amide bonds. The van der Waals surface area contributed by atoms with Crippen molar-refractivity contribution in [3.63, 3.8) is 0 Å². The van der Waals surface area contributed by atoms with Gasteiger partial charge < -0.3 is 14.4 Å². The Hall–Kier alpha value is -2.11. The predicted molar refractivity (Wildman–Crippen MR) is 75.4 cm³/mol. The van der Waals surface area contributed by atoms with Crippen molar-refractivity contribution in [2.75, 3.05) is 26.8 Å². The fourth-order valence-corrected chi connectivity index (χ4v) is 1.73. The molecule has 0 fully saturated rings. The molecular weight excluding hydrogens is 277 g/mol. The Morgan fingerprint density at radius 2 is 1.90 bits per heavy atom. The summed E-state index contributed by atoms with van der Waals surface area (Å²) in [6.45, 7) is 2.53. The Kier molecular flexibility index (Phi) is 7.21. The van der Waals surface area contributed by atoms with Crippen molar-refractivity contribution in [1.82, 2.24) is 4.90 Å². The smallest absolute Gasteiger partial charge is 0.325 e. The zero-order chi connectivity index (χ0) is 15.7. The quantitative estimate of drug-likeness (QED) is 0.689. The summed E-state index contributed by atoms with van der Waals surface area (Å²) >= 11 is 0. The average Bonchev–Trinajstić information content (AvgIpc) is 2.48. The van der Waals surface area contributed by atoms with E-state index in [4.69, 9.17) is 4.74 Å². The molecule has 1 aromatic carbocycles. The summed E-state index contributed by atoms with van der Waals surface area (Å²) in [7, 11) is 1.29. The molecule has 0 heterocycles. The van der Waals surface area contributed by atoms with Crippen LogP contribution in [-0.4, -0.2) is 43.6 Å². The number of halogens is 1. The van der Waals surface area contributed by atoms with Gasteiger partial charge >= 0.3 is 5.97 Å². The first-order valence-electron chi connectivity index (χ1n) is 6.79. The van der Waals surface area contributed by atoms with Gasteiger partial charge in [0, 0.05) is 6.54 Å². The molecule has 0 aliphatic carbocycles. The Morgan fingerprint density at radius 3 is 2.48 bits per heavy atom. The van der Waals surface area contributed by atoms with Gasteiger partial charge in [0.05, 0.1) is 20.1 Å². The summed E-state index contributed by atoms with van der Waals surface area (Å²) in [4.78, 5) is 24.7. The highest BCUT2D eigenvalue weighted by molar-refractivity contribution is 5.82. The van der Waals surface area contributed by atoms with Crippen LogP contribution >= 0.6 is 0 Å². The van der Waals surface area contributed by atoms with Gasteiger partial charge in [-0.1, -0.05) is 6.92 Å². The molecule has 0 atom stereocenters. The van der Waals surface area contributed by atoms with Gasteiger partial charge in [-0.05, 0) is 30.7 Å². The maximum absolute atomic E-state index is 12.7. The molecular formula is C15H20FNO4. The topological polar surface area (TPSA) is 55.8 Å². The largest absolute Gasteiger partial charge is 0.493 e. The van der Waals surface area contributed by atoms with Crippen LogP contribution in [0, 0.1) is 5.82 Å². The van der Waals surface area contributed by atoms with E-state index in [2.05, 4.69) is 4.74 Å². The van der Waals surface area contributed by atoms with Crippen LogP contribution in [0.5, 0.6) is 5.75 Å². The van der Waals surface area contributed by atoms with E-state index in [-0.39, 0.29) is 31.3 Å². The second-order valence-electron chi connectivity index (χ2n) is 4.44. The van der Waals surface area contributed by atoms with Gasteiger partial charge in [-0.3, -0.25) is 9.59 Å². The average molecular weight is 297 g/mol. The van der Waals surface area contributed by atoms with Crippen LogP contribution in [0.25, 0.3) is 0 Å². The fourth-order valence-electron chi connectivity index (χ4n) is 1.73. The molecule has 0 N–H and O–H groups in total. The maximum Gasteiger partial charge on any atom is 0.325 e. The van der Waals surface area contributed by atoms with Gasteiger partial charge in [0.15, 0.2) is 0 Å². The van der Waals surface area contributed by atoms with E-state index in [0.29, 0.717) is 12.3 Å². The van der Waals surface area contributed by atoms with E-state index >= 15 is 0 Å². The van der Waals surface area contributed by atoms with Crippen LogP contribution < -0.4 is 4.74 Å². The summed E-state index contributed by atoms with van der Waals surface area (Å²) in [6.07, 6.45) is 0.899. The van der Waals surface area contributed by atoms with E-state index < -0.39 is 5.97 Å². The lowest BCUT2D eigenvalue weighted by Crippen LogP contribution is -2.37. The normalized spacial score (nSPS) is 10.0. The van der Waals surface area contributed by atoms with Gasteiger partial charge in [-0.25, -0.2) is 4.39 Å². The Labute approximate surface area is 123 Å². The fraction of sp³-hybridized carbons (Fsp3) is 0.467. The summed E-state index contributed by atoms with van der Waals surface area (Å²) in [5.74, 6) is -0.467. The summed E-state index contributed by atoms with van der Waals surface area (Å²) in [6, 6.07) is 5.58. The number of carbonyl (C=O) groups excluding carboxylic acids is 2. The third-order valence-electron chi connectivity index (χ3n) is 2.79. The zero-order valence-corrected chi connectivity index (χ0v) is 12.3. The number of amides is 1. The molecule has 0 aliphatic heterocycles. The predicted octanol–water partition coefficient (Wildman–Crippen LogP) is 2.01. The first-order valence-corrected chi connectivity index (χ1v) is 6.79. The lowest BCUT2D eigenvalue weighted by Gasteiger charge is -2.20. The molecule has 116 valence electrons. The summed E-state index contributed by atoms with van der Waals surface area (Å²) < 4.78 is 22.6. The zero-order valence-electron chi connectivity index (χ0n) is 12.3. The maximum atomic E-state index is 12.7. The number of carbonyl (C=O) groups is 2. The minimum atomic E-state index is -0.448. The number of esters is 1. The number of methoxy groups -OCH3 is 1. The molecule has 0 unspecified atom stereocenters. The van der Waals surface area contributed by atoms with Crippen molar-refractivity contribution in [1.29, 1.82) is 0 Å². The molecule has 0 saturated heterocycles. The number of hydrogen-bond acceptors (Lipinski definition) is 4. The van der Waals surface area contributed by atoms with Gasteiger partial charge in [-0.2, -0.15) is 0 Å². The van der Waals surface area contributed by atoms with Gasteiger partial charge in [0.2, 0.25) is 5.91 Å². The SMILES string of the molecule is CCCN(CC(=O)OC)C(=O)CCOc1ccc(F)cc1. The van der Waals surface area contributed by atoms with Crippen LogP contribution in [0.3, 0.4) is 0 Å².